The summed E-state index contributed by atoms with van der Waals surface area (Å²) in [5.41, 5.74) is -0.0277. The molecule has 0 aliphatic rings. The van der Waals surface area contributed by atoms with E-state index in [9.17, 15) is 4.79 Å². The molecule has 18 heavy (non-hydrogen) atoms. The first-order chi connectivity index (χ1) is 8.79. The Bertz CT molecular complexity index is 392. The summed E-state index contributed by atoms with van der Waals surface area (Å²) in [6, 6.07) is 0. The molecule has 1 heterocycles. The topological polar surface area (TPSA) is 46.9 Å². The van der Waals surface area contributed by atoms with E-state index >= 15 is 0 Å². The molecular weight excluding hydrogens is 250 g/mol. The maximum absolute atomic E-state index is 11.9. The molecular formula is C13H22ClN3O. The first-order valence-corrected chi connectivity index (χ1v) is 7.18. The van der Waals surface area contributed by atoms with Gasteiger partial charge in [0.2, 0.25) is 0 Å². The Hall–Kier alpha value is -1.03. The van der Waals surface area contributed by atoms with Crippen LogP contribution in [-0.4, -0.2) is 22.0 Å². The molecule has 1 rings (SSSR count). The van der Waals surface area contributed by atoms with Gasteiger partial charge in [-0.1, -0.05) is 19.8 Å². The van der Waals surface area contributed by atoms with E-state index in [1.807, 2.05) is 0 Å². The van der Waals surface area contributed by atoms with Crippen LogP contribution in [0.5, 0.6) is 0 Å². The fraction of sp³-hybridized carbons (Fsp3) is 0.692. The van der Waals surface area contributed by atoms with Crippen LogP contribution >= 0.6 is 11.6 Å². The van der Waals surface area contributed by atoms with Gasteiger partial charge in [-0.3, -0.25) is 4.79 Å². The summed E-state index contributed by atoms with van der Waals surface area (Å²) in [5, 5.41) is 3.11. The predicted octanol–water partition coefficient (Wildman–Crippen LogP) is 2.86. The summed E-state index contributed by atoms with van der Waals surface area (Å²) < 4.78 is 1.70. The van der Waals surface area contributed by atoms with Crippen LogP contribution in [0.15, 0.2) is 17.2 Å². The molecule has 0 spiro atoms. The van der Waals surface area contributed by atoms with Crippen LogP contribution in [0, 0.1) is 0 Å². The second-order valence-corrected chi connectivity index (χ2v) is 4.68. The fourth-order valence-corrected chi connectivity index (χ4v) is 1.95. The zero-order valence-electron chi connectivity index (χ0n) is 11.0. The number of unbranched alkanes of at least 4 members (excludes halogenated alkanes) is 3. The van der Waals surface area contributed by atoms with Gasteiger partial charge >= 0.3 is 0 Å². The number of hydrogen-bond donors (Lipinski definition) is 1. The molecule has 0 amide bonds. The van der Waals surface area contributed by atoms with Crippen LogP contribution in [0.3, 0.4) is 0 Å². The highest BCUT2D eigenvalue weighted by atomic mass is 35.5. The van der Waals surface area contributed by atoms with E-state index in [4.69, 9.17) is 11.6 Å². The third-order valence-electron chi connectivity index (χ3n) is 2.73. The molecule has 102 valence electrons. The number of nitrogens with zero attached hydrogens (tertiary/aromatic N) is 2. The number of halogens is 1. The Balaban J connectivity index is 2.38. The normalized spacial score (nSPS) is 10.6. The zero-order chi connectivity index (χ0) is 13.2. The molecule has 0 aliphatic carbocycles. The number of alkyl halides is 1. The molecule has 0 bridgehead atoms. The van der Waals surface area contributed by atoms with Crippen molar-refractivity contribution in [3.8, 4) is 0 Å². The van der Waals surface area contributed by atoms with Crippen molar-refractivity contribution in [1.29, 1.82) is 0 Å². The predicted molar refractivity (Wildman–Crippen MR) is 76.5 cm³/mol. The van der Waals surface area contributed by atoms with E-state index in [0.29, 0.717) is 5.82 Å². The number of rotatable bonds is 9. The monoisotopic (exact) mass is 271 g/mol. The fourth-order valence-electron chi connectivity index (χ4n) is 1.77. The van der Waals surface area contributed by atoms with Gasteiger partial charge in [0.05, 0.1) is 0 Å². The van der Waals surface area contributed by atoms with Crippen LogP contribution in [0.4, 0.5) is 5.82 Å². The lowest BCUT2D eigenvalue weighted by atomic mass is 10.2. The standard InChI is InChI=1S/C13H22ClN3O/c1-2-10-17-11-9-16-12(13(17)18)15-8-6-4-3-5-7-14/h9,11H,2-8,10H2,1H3,(H,15,16). The van der Waals surface area contributed by atoms with Crippen molar-refractivity contribution in [2.45, 2.75) is 45.6 Å². The maximum atomic E-state index is 11.9. The van der Waals surface area contributed by atoms with Crippen molar-refractivity contribution in [2.24, 2.45) is 0 Å². The molecule has 0 aromatic carbocycles. The van der Waals surface area contributed by atoms with Crippen molar-refractivity contribution >= 4 is 17.4 Å². The van der Waals surface area contributed by atoms with Gasteiger partial charge in [-0.15, -0.1) is 11.6 Å². The van der Waals surface area contributed by atoms with Gasteiger partial charge in [0.15, 0.2) is 5.82 Å². The van der Waals surface area contributed by atoms with Crippen molar-refractivity contribution in [3.05, 3.63) is 22.7 Å². The lowest BCUT2D eigenvalue weighted by Crippen LogP contribution is -2.24. The number of anilines is 1. The van der Waals surface area contributed by atoms with E-state index < -0.39 is 0 Å². The largest absolute Gasteiger partial charge is 0.365 e. The number of aryl methyl sites for hydroxylation is 1. The molecule has 0 saturated carbocycles. The van der Waals surface area contributed by atoms with Gasteiger partial charge in [-0.2, -0.15) is 0 Å². The molecule has 0 fully saturated rings. The van der Waals surface area contributed by atoms with E-state index in [0.717, 1.165) is 51.1 Å². The van der Waals surface area contributed by atoms with Gasteiger partial charge in [-0.25, -0.2) is 4.98 Å². The first kappa shape index (κ1) is 15.0. The Morgan fingerprint density at radius 1 is 1.33 bits per heavy atom. The van der Waals surface area contributed by atoms with E-state index in [1.165, 1.54) is 0 Å². The molecule has 0 aliphatic heterocycles. The summed E-state index contributed by atoms with van der Waals surface area (Å²) in [5.74, 6) is 1.19. The zero-order valence-corrected chi connectivity index (χ0v) is 11.7. The third-order valence-corrected chi connectivity index (χ3v) is 3.00. The molecule has 0 radical (unpaired) electrons. The number of hydrogen-bond acceptors (Lipinski definition) is 3. The summed E-state index contributed by atoms with van der Waals surface area (Å²) in [6.45, 7) is 3.59. The summed E-state index contributed by atoms with van der Waals surface area (Å²) in [7, 11) is 0. The molecule has 0 saturated heterocycles. The van der Waals surface area contributed by atoms with Gasteiger partial charge in [0, 0.05) is 31.4 Å². The quantitative estimate of drug-likeness (QED) is 0.555. The molecule has 1 aromatic rings. The first-order valence-electron chi connectivity index (χ1n) is 6.65. The third kappa shape index (κ3) is 5.08. The molecule has 5 heteroatoms. The van der Waals surface area contributed by atoms with Crippen LogP contribution < -0.4 is 10.9 Å². The highest BCUT2D eigenvalue weighted by molar-refractivity contribution is 6.17. The SMILES string of the molecule is CCCn1ccnc(NCCCCCCCl)c1=O. The average Bonchev–Trinajstić information content (AvgIpc) is 2.38. The van der Waals surface area contributed by atoms with Gasteiger partial charge < -0.3 is 9.88 Å². The molecule has 4 nitrogen and oxygen atoms in total. The van der Waals surface area contributed by atoms with Crippen molar-refractivity contribution in [3.63, 3.8) is 0 Å². The van der Waals surface area contributed by atoms with Crippen molar-refractivity contribution in [2.75, 3.05) is 17.7 Å². The molecule has 1 N–H and O–H groups in total. The summed E-state index contributed by atoms with van der Waals surface area (Å²) in [4.78, 5) is 16.0. The van der Waals surface area contributed by atoms with Gasteiger partial charge in [-0.05, 0) is 19.3 Å². The smallest absolute Gasteiger partial charge is 0.293 e. The second kappa shape index (κ2) is 8.97. The second-order valence-electron chi connectivity index (χ2n) is 4.30. The van der Waals surface area contributed by atoms with Crippen LogP contribution in [-0.2, 0) is 6.54 Å². The van der Waals surface area contributed by atoms with Crippen LogP contribution in [0.2, 0.25) is 0 Å². The Kier molecular flexibility index (Phi) is 7.49. The van der Waals surface area contributed by atoms with Gasteiger partial charge in [0.25, 0.3) is 5.56 Å². The van der Waals surface area contributed by atoms with E-state index in [1.54, 1.807) is 17.0 Å². The van der Waals surface area contributed by atoms with Crippen molar-refractivity contribution in [1.82, 2.24) is 9.55 Å². The number of nitrogens with one attached hydrogen (secondary N) is 1. The highest BCUT2D eigenvalue weighted by Crippen LogP contribution is 2.02. The summed E-state index contributed by atoms with van der Waals surface area (Å²) in [6.07, 6.45) is 8.74. The minimum atomic E-state index is -0.0277. The Labute approximate surface area is 113 Å². The number of aromatic nitrogens is 2. The van der Waals surface area contributed by atoms with Crippen LogP contribution in [0.1, 0.15) is 39.0 Å². The van der Waals surface area contributed by atoms with Gasteiger partial charge in [0.1, 0.15) is 0 Å². The van der Waals surface area contributed by atoms with E-state index in [-0.39, 0.29) is 5.56 Å². The Morgan fingerprint density at radius 3 is 2.83 bits per heavy atom. The highest BCUT2D eigenvalue weighted by Gasteiger charge is 2.02. The molecule has 1 aromatic heterocycles. The lowest BCUT2D eigenvalue weighted by molar-refractivity contribution is 0.647. The minimum Gasteiger partial charge on any atom is -0.365 e. The summed E-state index contributed by atoms with van der Waals surface area (Å²) >= 11 is 5.61. The maximum Gasteiger partial charge on any atom is 0.293 e. The average molecular weight is 272 g/mol. The lowest BCUT2D eigenvalue weighted by Gasteiger charge is -2.07. The Morgan fingerprint density at radius 2 is 2.11 bits per heavy atom. The van der Waals surface area contributed by atoms with Crippen molar-refractivity contribution < 1.29 is 0 Å². The van der Waals surface area contributed by atoms with E-state index in [2.05, 4.69) is 17.2 Å². The molecule has 0 atom stereocenters. The van der Waals surface area contributed by atoms with Crippen LogP contribution in [0.25, 0.3) is 0 Å². The molecule has 0 unspecified atom stereocenters. The minimum absolute atomic E-state index is 0.0277.